The molecule has 1 aliphatic rings. The summed E-state index contributed by atoms with van der Waals surface area (Å²) >= 11 is 11.7. The van der Waals surface area contributed by atoms with Crippen molar-refractivity contribution in [3.05, 3.63) is 33.8 Å². The van der Waals surface area contributed by atoms with Crippen LogP contribution in [0.25, 0.3) is 0 Å². The normalized spacial score (nSPS) is 15.6. The van der Waals surface area contributed by atoms with Gasteiger partial charge in [0.05, 0.1) is 16.0 Å². The first-order chi connectivity index (χ1) is 9.67. The maximum atomic E-state index is 12.3. The number of likely N-dealkylation sites (tertiary alicyclic amines) is 1. The van der Waals surface area contributed by atoms with E-state index in [4.69, 9.17) is 27.9 Å². The molecule has 0 N–H and O–H groups in total. The van der Waals surface area contributed by atoms with E-state index in [0.717, 1.165) is 0 Å². The molecule has 0 aromatic heterocycles. The molecule has 4 nitrogen and oxygen atoms in total. The molecule has 0 radical (unpaired) electrons. The van der Waals surface area contributed by atoms with Gasteiger partial charge in [-0.3, -0.25) is 4.79 Å². The van der Waals surface area contributed by atoms with Crippen LogP contribution < -0.4 is 0 Å². The van der Waals surface area contributed by atoms with E-state index in [1.165, 1.54) is 4.90 Å². The molecule has 0 bridgehead atoms. The van der Waals surface area contributed by atoms with Crippen molar-refractivity contribution in [2.75, 3.05) is 13.1 Å². The summed E-state index contributed by atoms with van der Waals surface area (Å²) in [5.74, 6) is -0.247. The van der Waals surface area contributed by atoms with E-state index in [9.17, 15) is 9.59 Å². The van der Waals surface area contributed by atoms with E-state index in [1.54, 1.807) is 18.2 Å². The lowest BCUT2D eigenvalue weighted by molar-refractivity contribution is 0.00149. The Morgan fingerprint density at radius 2 is 1.81 bits per heavy atom. The van der Waals surface area contributed by atoms with Gasteiger partial charge in [0.15, 0.2) is 5.78 Å². The van der Waals surface area contributed by atoms with E-state index in [2.05, 4.69) is 0 Å². The molecule has 0 unspecified atom stereocenters. The number of hydrogen-bond donors (Lipinski definition) is 0. The average Bonchev–Trinajstić information content (AvgIpc) is 2.28. The highest BCUT2D eigenvalue weighted by Crippen LogP contribution is 2.27. The van der Waals surface area contributed by atoms with Crippen molar-refractivity contribution in [1.82, 2.24) is 4.90 Å². The molecule has 6 heteroatoms. The lowest BCUT2D eigenvalue weighted by atomic mass is 9.91. The Kier molecular flexibility index (Phi) is 4.49. The minimum atomic E-state index is -0.532. The molecule has 1 fully saturated rings. The number of benzene rings is 1. The molecule has 1 aromatic rings. The molecule has 0 aliphatic carbocycles. The Morgan fingerprint density at radius 3 is 2.33 bits per heavy atom. The Morgan fingerprint density at radius 1 is 1.19 bits per heavy atom. The number of ether oxygens (including phenoxy) is 1. The van der Waals surface area contributed by atoms with Crippen LogP contribution in [0.2, 0.25) is 10.0 Å². The van der Waals surface area contributed by atoms with Crippen LogP contribution in [-0.4, -0.2) is 35.5 Å². The van der Waals surface area contributed by atoms with E-state index < -0.39 is 5.60 Å². The predicted molar refractivity (Wildman–Crippen MR) is 82.1 cm³/mol. The summed E-state index contributed by atoms with van der Waals surface area (Å²) in [7, 11) is 0. The van der Waals surface area contributed by atoms with Crippen LogP contribution in [0.5, 0.6) is 0 Å². The summed E-state index contributed by atoms with van der Waals surface area (Å²) in [6, 6.07) is 4.80. The van der Waals surface area contributed by atoms with Crippen molar-refractivity contribution in [1.29, 1.82) is 0 Å². The highest BCUT2D eigenvalue weighted by atomic mass is 35.5. The average molecular weight is 330 g/mol. The molecule has 21 heavy (non-hydrogen) atoms. The minimum absolute atomic E-state index is 0.0339. The maximum Gasteiger partial charge on any atom is 0.410 e. The van der Waals surface area contributed by atoms with Gasteiger partial charge in [-0.05, 0) is 39.0 Å². The van der Waals surface area contributed by atoms with Crippen LogP contribution in [0.4, 0.5) is 4.79 Å². The number of nitrogens with zero attached hydrogens (tertiary/aromatic N) is 1. The summed E-state index contributed by atoms with van der Waals surface area (Å²) in [5, 5.41) is 0.767. The first-order valence-corrected chi connectivity index (χ1v) is 7.40. The second-order valence-electron chi connectivity index (χ2n) is 6.08. The van der Waals surface area contributed by atoms with Gasteiger partial charge < -0.3 is 9.64 Å². The fraction of sp³-hybridized carbons (Fsp3) is 0.467. The molecule has 0 saturated carbocycles. The quantitative estimate of drug-likeness (QED) is 0.769. The molecule has 1 aliphatic heterocycles. The molecule has 0 atom stereocenters. The number of rotatable bonds is 2. The van der Waals surface area contributed by atoms with Crippen molar-refractivity contribution in [2.24, 2.45) is 5.92 Å². The van der Waals surface area contributed by atoms with Crippen molar-refractivity contribution in [2.45, 2.75) is 26.4 Å². The molecule has 1 amide bonds. The van der Waals surface area contributed by atoms with E-state index in [-0.39, 0.29) is 17.8 Å². The second kappa shape index (κ2) is 5.85. The second-order valence-corrected chi connectivity index (χ2v) is 6.89. The Labute approximate surface area is 134 Å². The fourth-order valence-electron chi connectivity index (χ4n) is 2.01. The molecule has 1 saturated heterocycles. The van der Waals surface area contributed by atoms with Gasteiger partial charge in [-0.2, -0.15) is 0 Å². The summed E-state index contributed by atoms with van der Waals surface area (Å²) in [6.07, 6.45) is -0.388. The first kappa shape index (κ1) is 16.1. The highest BCUT2D eigenvalue weighted by molar-refractivity contribution is 6.42. The molecule has 1 heterocycles. The zero-order valence-corrected chi connectivity index (χ0v) is 13.7. The Balaban J connectivity index is 1.93. The van der Waals surface area contributed by atoms with Crippen molar-refractivity contribution in [3.8, 4) is 0 Å². The van der Waals surface area contributed by atoms with Gasteiger partial charge in [0.2, 0.25) is 0 Å². The molecular weight excluding hydrogens is 313 g/mol. The Hall–Kier alpha value is -1.26. The van der Waals surface area contributed by atoms with Gasteiger partial charge in [0.25, 0.3) is 0 Å². The standard InChI is InChI=1S/C15H17Cl2NO3/c1-15(2,3)21-14(20)18-7-10(8-18)13(19)9-4-5-11(16)12(17)6-9/h4-6,10H,7-8H2,1-3H3. The van der Waals surface area contributed by atoms with Gasteiger partial charge in [0.1, 0.15) is 5.60 Å². The zero-order valence-electron chi connectivity index (χ0n) is 12.2. The van der Waals surface area contributed by atoms with Crippen LogP contribution in [-0.2, 0) is 4.74 Å². The molecule has 2 rings (SSSR count). The predicted octanol–water partition coefficient (Wildman–Crippen LogP) is 4.04. The number of hydrogen-bond acceptors (Lipinski definition) is 3. The van der Waals surface area contributed by atoms with Crippen molar-refractivity contribution in [3.63, 3.8) is 0 Å². The van der Waals surface area contributed by atoms with Crippen LogP contribution in [0.1, 0.15) is 31.1 Å². The first-order valence-electron chi connectivity index (χ1n) is 6.64. The lowest BCUT2D eigenvalue weighted by Crippen LogP contribution is -2.54. The van der Waals surface area contributed by atoms with E-state index >= 15 is 0 Å². The number of ketones is 1. The highest BCUT2D eigenvalue weighted by Gasteiger charge is 2.38. The Bertz CT molecular complexity index is 575. The lowest BCUT2D eigenvalue weighted by Gasteiger charge is -2.38. The number of amides is 1. The third-order valence-corrected chi connectivity index (χ3v) is 3.85. The largest absolute Gasteiger partial charge is 0.444 e. The third kappa shape index (κ3) is 3.89. The van der Waals surface area contributed by atoms with Crippen LogP contribution in [0, 0.1) is 5.92 Å². The molecule has 1 aromatic carbocycles. The fourth-order valence-corrected chi connectivity index (χ4v) is 2.30. The van der Waals surface area contributed by atoms with Gasteiger partial charge in [-0.1, -0.05) is 23.2 Å². The summed E-state index contributed by atoms with van der Waals surface area (Å²) in [6.45, 7) is 6.16. The number of carbonyl (C=O) groups excluding carboxylic acids is 2. The van der Waals surface area contributed by atoms with Gasteiger partial charge in [-0.15, -0.1) is 0 Å². The zero-order chi connectivity index (χ0) is 15.8. The SMILES string of the molecule is CC(C)(C)OC(=O)N1CC(C(=O)c2ccc(Cl)c(Cl)c2)C1. The number of halogens is 2. The smallest absolute Gasteiger partial charge is 0.410 e. The number of carbonyl (C=O) groups is 2. The molecule has 114 valence electrons. The summed E-state index contributed by atoms with van der Waals surface area (Å²) in [4.78, 5) is 25.6. The monoisotopic (exact) mass is 329 g/mol. The topological polar surface area (TPSA) is 46.6 Å². The maximum absolute atomic E-state index is 12.3. The van der Waals surface area contributed by atoms with Crippen molar-refractivity contribution < 1.29 is 14.3 Å². The number of Topliss-reactive ketones (excluding diaryl/α,β-unsaturated/α-hetero) is 1. The van der Waals surface area contributed by atoms with Crippen LogP contribution in [0.15, 0.2) is 18.2 Å². The van der Waals surface area contributed by atoms with Gasteiger partial charge in [-0.25, -0.2) is 4.79 Å². The van der Waals surface area contributed by atoms with Crippen molar-refractivity contribution >= 4 is 35.1 Å². The third-order valence-electron chi connectivity index (χ3n) is 3.11. The minimum Gasteiger partial charge on any atom is -0.444 e. The summed E-state index contributed by atoms with van der Waals surface area (Å²) < 4.78 is 5.25. The van der Waals surface area contributed by atoms with Gasteiger partial charge >= 0.3 is 6.09 Å². The molecular formula is C15H17Cl2NO3. The van der Waals surface area contributed by atoms with Crippen LogP contribution >= 0.6 is 23.2 Å². The van der Waals surface area contributed by atoms with Crippen LogP contribution in [0.3, 0.4) is 0 Å². The van der Waals surface area contributed by atoms with E-state index in [1.807, 2.05) is 20.8 Å². The molecule has 0 spiro atoms. The van der Waals surface area contributed by atoms with E-state index in [0.29, 0.717) is 28.7 Å². The summed E-state index contributed by atoms with van der Waals surface area (Å²) in [5.41, 5.74) is -0.0196. The van der Waals surface area contributed by atoms with Gasteiger partial charge in [0, 0.05) is 18.7 Å².